The molecule has 1 atom stereocenters. The lowest BCUT2D eigenvalue weighted by atomic mass is 10.2. The first kappa shape index (κ1) is 14.9. The summed E-state index contributed by atoms with van der Waals surface area (Å²) in [4.78, 5) is 15.6. The monoisotopic (exact) mass is 281 g/mol. The highest BCUT2D eigenvalue weighted by Crippen LogP contribution is 2.21. The second kappa shape index (κ2) is 6.14. The van der Waals surface area contributed by atoms with Crippen LogP contribution < -0.4 is 11.1 Å². The van der Waals surface area contributed by atoms with E-state index in [1.165, 1.54) is 23.6 Å². The third-order valence-corrected chi connectivity index (χ3v) is 2.97. The first-order valence-electron chi connectivity index (χ1n) is 5.34. The Kier molecular flexibility index (Phi) is 5.09. The number of carbonyl (C=O) groups excluding carboxylic acids is 1. The van der Waals surface area contributed by atoms with Gasteiger partial charge in [0.25, 0.3) is 5.91 Å². The molecule has 0 bridgehead atoms. The van der Waals surface area contributed by atoms with Gasteiger partial charge in [-0.3, -0.25) is 4.79 Å². The van der Waals surface area contributed by atoms with E-state index >= 15 is 0 Å². The van der Waals surface area contributed by atoms with Crippen molar-refractivity contribution < 1.29 is 18.0 Å². The lowest BCUT2D eigenvalue weighted by molar-refractivity contribution is -0.138. The van der Waals surface area contributed by atoms with Crippen LogP contribution in [0.4, 0.5) is 13.2 Å². The van der Waals surface area contributed by atoms with Crippen molar-refractivity contribution in [2.24, 2.45) is 5.73 Å². The summed E-state index contributed by atoms with van der Waals surface area (Å²) in [5.41, 5.74) is 5.47. The summed E-state index contributed by atoms with van der Waals surface area (Å²) in [6.07, 6.45) is -4.80. The molecule has 1 aromatic heterocycles. The molecular weight excluding hydrogens is 267 g/mol. The summed E-state index contributed by atoms with van der Waals surface area (Å²) < 4.78 is 36.3. The van der Waals surface area contributed by atoms with Gasteiger partial charge in [-0.1, -0.05) is 0 Å². The molecule has 1 heterocycles. The molecule has 1 rings (SSSR count). The second-order valence-corrected chi connectivity index (χ2v) is 4.80. The first-order chi connectivity index (χ1) is 8.31. The first-order valence-corrected chi connectivity index (χ1v) is 6.22. The normalized spacial score (nSPS) is 13.4. The maximum Gasteiger partial charge on any atom is 0.391 e. The van der Waals surface area contributed by atoms with E-state index in [-0.39, 0.29) is 5.69 Å². The van der Waals surface area contributed by atoms with Crippen molar-refractivity contribution in [1.82, 2.24) is 10.3 Å². The molecule has 0 aliphatic rings. The van der Waals surface area contributed by atoms with E-state index in [2.05, 4.69) is 10.3 Å². The lowest BCUT2D eigenvalue weighted by Crippen LogP contribution is -2.36. The maximum atomic E-state index is 12.1. The molecule has 0 fully saturated rings. The Hall–Kier alpha value is -1.15. The van der Waals surface area contributed by atoms with Crippen LogP contribution in [0.25, 0.3) is 0 Å². The minimum Gasteiger partial charge on any atom is -0.348 e. The molecule has 102 valence electrons. The largest absolute Gasteiger partial charge is 0.391 e. The van der Waals surface area contributed by atoms with Crippen molar-refractivity contribution in [1.29, 1.82) is 0 Å². The Balaban J connectivity index is 2.53. The van der Waals surface area contributed by atoms with Gasteiger partial charge in [0.05, 0.1) is 11.4 Å². The fourth-order valence-corrected chi connectivity index (χ4v) is 2.14. The summed E-state index contributed by atoms with van der Waals surface area (Å²) in [6.45, 7) is 1.72. The van der Waals surface area contributed by atoms with Crippen molar-refractivity contribution in [3.05, 3.63) is 16.1 Å². The highest BCUT2D eigenvalue weighted by atomic mass is 32.1. The summed E-state index contributed by atoms with van der Waals surface area (Å²) in [7, 11) is 0. The number of hydrogen-bond acceptors (Lipinski definition) is 4. The minimum atomic E-state index is -4.29. The van der Waals surface area contributed by atoms with Crippen molar-refractivity contribution in [3.63, 3.8) is 0 Å². The number of alkyl halides is 3. The topological polar surface area (TPSA) is 68.0 Å². The van der Waals surface area contributed by atoms with Gasteiger partial charge in [-0.15, -0.1) is 11.3 Å². The molecule has 8 heteroatoms. The number of nitrogens with one attached hydrogen (secondary N) is 1. The molecule has 0 spiro atoms. The van der Waals surface area contributed by atoms with Crippen LogP contribution in [0, 0.1) is 0 Å². The predicted molar refractivity (Wildman–Crippen MR) is 62.5 cm³/mol. The van der Waals surface area contributed by atoms with Crippen LogP contribution in [0.5, 0.6) is 0 Å². The molecule has 1 unspecified atom stereocenters. The zero-order valence-corrected chi connectivity index (χ0v) is 10.6. The van der Waals surface area contributed by atoms with Crippen molar-refractivity contribution in [2.75, 3.05) is 6.54 Å². The highest BCUT2D eigenvalue weighted by molar-refractivity contribution is 7.09. The van der Waals surface area contributed by atoms with Gasteiger partial charge in [-0.2, -0.15) is 13.2 Å². The maximum absolute atomic E-state index is 12.1. The Bertz CT molecular complexity index is 405. The Morgan fingerprint density at radius 2 is 2.28 bits per heavy atom. The van der Waals surface area contributed by atoms with Crippen LogP contribution in [0.2, 0.25) is 0 Å². The summed E-state index contributed by atoms with van der Waals surface area (Å²) in [5, 5.41) is 4.48. The lowest BCUT2D eigenvalue weighted by Gasteiger charge is -2.14. The summed E-state index contributed by atoms with van der Waals surface area (Å²) in [5.74, 6) is -0.591. The fourth-order valence-electron chi connectivity index (χ4n) is 1.35. The molecule has 0 saturated heterocycles. The number of carbonyl (C=O) groups is 1. The van der Waals surface area contributed by atoms with Crippen LogP contribution in [-0.2, 0) is 6.42 Å². The zero-order chi connectivity index (χ0) is 13.8. The number of thiazole rings is 1. The molecule has 0 aliphatic carbocycles. The Labute approximate surface area is 106 Å². The van der Waals surface area contributed by atoms with Gasteiger partial charge in [-0.25, -0.2) is 4.98 Å². The van der Waals surface area contributed by atoms with E-state index in [9.17, 15) is 18.0 Å². The quantitative estimate of drug-likeness (QED) is 0.863. The van der Waals surface area contributed by atoms with E-state index in [0.29, 0.717) is 18.0 Å². The number of nitrogens with zero attached hydrogens (tertiary/aromatic N) is 1. The highest BCUT2D eigenvalue weighted by Gasteiger charge is 2.30. The van der Waals surface area contributed by atoms with Gasteiger partial charge in [0.15, 0.2) is 0 Å². The smallest absolute Gasteiger partial charge is 0.348 e. The van der Waals surface area contributed by atoms with E-state index in [0.717, 1.165) is 0 Å². The molecule has 4 nitrogen and oxygen atoms in total. The molecule has 0 aliphatic heterocycles. The van der Waals surface area contributed by atoms with Gasteiger partial charge in [-0.05, 0) is 13.5 Å². The molecule has 0 radical (unpaired) electrons. The van der Waals surface area contributed by atoms with Crippen LogP contribution in [0.3, 0.4) is 0 Å². The number of nitrogens with two attached hydrogens (primary N) is 1. The molecule has 18 heavy (non-hydrogen) atoms. The van der Waals surface area contributed by atoms with Gasteiger partial charge in [0.1, 0.15) is 5.69 Å². The average molecular weight is 281 g/mol. The van der Waals surface area contributed by atoms with E-state index < -0.39 is 24.5 Å². The van der Waals surface area contributed by atoms with Crippen LogP contribution in [-0.4, -0.2) is 29.7 Å². The molecule has 0 saturated carbocycles. The average Bonchev–Trinajstić information content (AvgIpc) is 2.63. The molecule has 3 N–H and O–H groups in total. The van der Waals surface area contributed by atoms with E-state index in [4.69, 9.17) is 5.73 Å². The summed E-state index contributed by atoms with van der Waals surface area (Å²) in [6, 6.07) is -0.975. The minimum absolute atomic E-state index is 0.137. The third-order valence-electron chi connectivity index (χ3n) is 2.06. The summed E-state index contributed by atoms with van der Waals surface area (Å²) >= 11 is 1.27. The van der Waals surface area contributed by atoms with Crippen LogP contribution in [0.1, 0.15) is 28.8 Å². The predicted octanol–water partition coefficient (Wildman–Crippen LogP) is 1.71. The number of amides is 1. The van der Waals surface area contributed by atoms with Gasteiger partial charge < -0.3 is 11.1 Å². The van der Waals surface area contributed by atoms with Gasteiger partial charge in [0.2, 0.25) is 0 Å². The fraction of sp³-hybridized carbons (Fsp3) is 0.600. The van der Waals surface area contributed by atoms with Crippen LogP contribution >= 0.6 is 11.3 Å². The molecule has 0 aromatic carbocycles. The van der Waals surface area contributed by atoms with Crippen LogP contribution in [0.15, 0.2) is 5.38 Å². The SMILES string of the molecule is CC(CC(F)(F)F)NC(=O)c1csc(CCN)n1. The molecule has 1 aromatic rings. The zero-order valence-electron chi connectivity index (χ0n) is 9.75. The Morgan fingerprint density at radius 3 is 2.83 bits per heavy atom. The van der Waals surface area contributed by atoms with Crippen molar-refractivity contribution >= 4 is 17.2 Å². The molecule has 1 amide bonds. The number of aromatic nitrogens is 1. The van der Waals surface area contributed by atoms with Crippen molar-refractivity contribution in [2.45, 2.75) is 32.0 Å². The van der Waals surface area contributed by atoms with Gasteiger partial charge >= 0.3 is 6.18 Å². The number of hydrogen-bond donors (Lipinski definition) is 2. The van der Waals surface area contributed by atoms with Crippen molar-refractivity contribution in [3.8, 4) is 0 Å². The third kappa shape index (κ3) is 5.01. The standard InChI is InChI=1S/C10H14F3N3OS/c1-6(4-10(11,12)13)15-9(17)7-5-18-8(16-7)2-3-14/h5-6H,2-4,14H2,1H3,(H,15,17). The Morgan fingerprint density at radius 1 is 1.61 bits per heavy atom. The second-order valence-electron chi connectivity index (χ2n) is 3.86. The molecular formula is C10H14F3N3OS. The number of rotatable bonds is 5. The number of halogens is 3. The van der Waals surface area contributed by atoms with Gasteiger partial charge in [0, 0.05) is 17.8 Å². The van der Waals surface area contributed by atoms with E-state index in [1.807, 2.05) is 0 Å². The van der Waals surface area contributed by atoms with E-state index in [1.54, 1.807) is 0 Å².